The fraction of sp³-hybridized carbons (Fsp3) is 0.350. The first-order valence-corrected chi connectivity index (χ1v) is 8.57. The van der Waals surface area contributed by atoms with E-state index in [2.05, 4.69) is 36.5 Å². The van der Waals surface area contributed by atoms with Crippen LogP contribution < -0.4 is 5.32 Å². The quantitative estimate of drug-likeness (QED) is 0.936. The summed E-state index contributed by atoms with van der Waals surface area (Å²) >= 11 is 0. The number of ether oxygens (including phenoxy) is 1. The zero-order chi connectivity index (χ0) is 16.5. The van der Waals surface area contributed by atoms with Crippen molar-refractivity contribution in [3.63, 3.8) is 0 Å². The molecule has 1 saturated heterocycles. The van der Waals surface area contributed by atoms with Crippen molar-refractivity contribution in [2.45, 2.75) is 32.0 Å². The van der Waals surface area contributed by atoms with Crippen LogP contribution in [0.4, 0.5) is 5.69 Å². The maximum absolute atomic E-state index is 13.1. The molecule has 1 N–H and O–H groups in total. The Morgan fingerprint density at radius 1 is 1.17 bits per heavy atom. The fourth-order valence-corrected chi connectivity index (χ4v) is 3.50. The van der Waals surface area contributed by atoms with Gasteiger partial charge < -0.3 is 15.0 Å². The lowest BCUT2D eigenvalue weighted by atomic mass is 10.0. The molecule has 0 bridgehead atoms. The summed E-state index contributed by atoms with van der Waals surface area (Å²) in [5.74, 6) is 0.0745. The van der Waals surface area contributed by atoms with Gasteiger partial charge >= 0.3 is 0 Å². The number of carbonyl (C=O) groups excluding carboxylic acids is 1. The minimum Gasteiger partial charge on any atom is -0.376 e. The van der Waals surface area contributed by atoms with Gasteiger partial charge in [-0.1, -0.05) is 42.0 Å². The van der Waals surface area contributed by atoms with Gasteiger partial charge in [-0.2, -0.15) is 0 Å². The largest absolute Gasteiger partial charge is 0.376 e. The van der Waals surface area contributed by atoms with Crippen LogP contribution in [0, 0.1) is 6.92 Å². The maximum atomic E-state index is 13.1. The average Bonchev–Trinajstić information content (AvgIpc) is 3.11. The molecule has 2 aromatic carbocycles. The van der Waals surface area contributed by atoms with E-state index in [1.807, 2.05) is 29.2 Å². The molecule has 2 aliphatic heterocycles. The monoisotopic (exact) mass is 322 g/mol. The van der Waals surface area contributed by atoms with E-state index in [1.165, 1.54) is 5.56 Å². The molecule has 2 aromatic rings. The Bertz CT molecular complexity index is 736. The van der Waals surface area contributed by atoms with Gasteiger partial charge in [0.2, 0.25) is 0 Å². The molecule has 0 radical (unpaired) electrons. The zero-order valence-electron chi connectivity index (χ0n) is 13.9. The molecule has 0 unspecified atom stereocenters. The molecule has 0 aromatic heterocycles. The molecule has 24 heavy (non-hydrogen) atoms. The number of nitrogens with one attached hydrogen (secondary N) is 1. The molecular formula is C20H22N2O2. The first-order valence-electron chi connectivity index (χ1n) is 8.57. The summed E-state index contributed by atoms with van der Waals surface area (Å²) in [6.07, 6.45) is 2.07. The second kappa shape index (κ2) is 6.29. The predicted octanol–water partition coefficient (Wildman–Crippen LogP) is 3.74. The van der Waals surface area contributed by atoms with Gasteiger partial charge in [0.25, 0.3) is 5.91 Å². The van der Waals surface area contributed by atoms with Gasteiger partial charge in [-0.15, -0.1) is 0 Å². The van der Waals surface area contributed by atoms with Crippen LogP contribution in [-0.2, 0) is 4.74 Å². The van der Waals surface area contributed by atoms with Gasteiger partial charge in [0.05, 0.1) is 11.7 Å². The Labute approximate surface area is 142 Å². The van der Waals surface area contributed by atoms with Crippen molar-refractivity contribution < 1.29 is 9.53 Å². The van der Waals surface area contributed by atoms with E-state index in [0.717, 1.165) is 36.3 Å². The summed E-state index contributed by atoms with van der Waals surface area (Å²) in [7, 11) is 0. The highest BCUT2D eigenvalue weighted by Crippen LogP contribution is 2.34. The Kier molecular flexibility index (Phi) is 3.98. The maximum Gasteiger partial charge on any atom is 0.257 e. The number of nitrogens with zero attached hydrogens (tertiary/aromatic N) is 1. The lowest BCUT2D eigenvalue weighted by molar-refractivity contribution is 0.0427. The molecular weight excluding hydrogens is 300 g/mol. The number of rotatable bonds is 3. The number of benzene rings is 2. The van der Waals surface area contributed by atoms with Crippen molar-refractivity contribution >= 4 is 11.6 Å². The fourth-order valence-electron chi connectivity index (χ4n) is 3.50. The average molecular weight is 322 g/mol. The van der Waals surface area contributed by atoms with Crippen LogP contribution in [-0.4, -0.2) is 30.1 Å². The SMILES string of the molecule is Cc1ccc([C@H]2Nc3ccccc3C(=O)N2C[C@@H]2CCCO2)cc1. The Hall–Kier alpha value is -2.33. The van der Waals surface area contributed by atoms with Crippen molar-refractivity contribution in [2.24, 2.45) is 0 Å². The minimum absolute atomic E-state index is 0.0745. The van der Waals surface area contributed by atoms with Crippen LogP contribution in [0.2, 0.25) is 0 Å². The number of fused-ring (bicyclic) bond motifs is 1. The second-order valence-corrected chi connectivity index (χ2v) is 6.60. The van der Waals surface area contributed by atoms with E-state index < -0.39 is 0 Å². The second-order valence-electron chi connectivity index (χ2n) is 6.60. The van der Waals surface area contributed by atoms with E-state index in [9.17, 15) is 4.79 Å². The predicted molar refractivity (Wildman–Crippen MR) is 94.0 cm³/mol. The Morgan fingerprint density at radius 2 is 1.96 bits per heavy atom. The van der Waals surface area contributed by atoms with Crippen LogP contribution in [0.25, 0.3) is 0 Å². The molecule has 4 rings (SSSR count). The lowest BCUT2D eigenvalue weighted by Gasteiger charge is -2.39. The van der Waals surface area contributed by atoms with E-state index >= 15 is 0 Å². The van der Waals surface area contributed by atoms with Gasteiger partial charge in [0.15, 0.2) is 0 Å². The molecule has 2 aliphatic rings. The van der Waals surface area contributed by atoms with Gasteiger partial charge in [0, 0.05) is 18.8 Å². The normalized spacial score (nSPS) is 23.0. The van der Waals surface area contributed by atoms with Crippen molar-refractivity contribution in [3.05, 3.63) is 65.2 Å². The molecule has 1 amide bonds. The third-order valence-corrected chi connectivity index (χ3v) is 4.84. The smallest absolute Gasteiger partial charge is 0.257 e. The number of carbonyl (C=O) groups is 1. The van der Waals surface area contributed by atoms with Crippen molar-refractivity contribution in [1.82, 2.24) is 4.90 Å². The number of anilines is 1. The highest BCUT2D eigenvalue weighted by atomic mass is 16.5. The zero-order valence-corrected chi connectivity index (χ0v) is 13.9. The third-order valence-electron chi connectivity index (χ3n) is 4.84. The summed E-state index contributed by atoms with van der Waals surface area (Å²) in [5.41, 5.74) is 3.95. The van der Waals surface area contributed by atoms with Crippen LogP contribution >= 0.6 is 0 Å². The summed E-state index contributed by atoms with van der Waals surface area (Å²) in [6, 6.07) is 16.1. The Balaban J connectivity index is 1.70. The van der Waals surface area contributed by atoms with Crippen LogP contribution in [0.1, 0.15) is 40.5 Å². The topological polar surface area (TPSA) is 41.6 Å². The molecule has 4 nitrogen and oxygen atoms in total. The number of hydrogen-bond donors (Lipinski definition) is 1. The molecule has 1 fully saturated rings. The van der Waals surface area contributed by atoms with Gasteiger partial charge in [0.1, 0.15) is 6.17 Å². The van der Waals surface area contributed by atoms with Crippen molar-refractivity contribution in [2.75, 3.05) is 18.5 Å². The van der Waals surface area contributed by atoms with Crippen LogP contribution in [0.3, 0.4) is 0 Å². The number of aryl methyl sites for hydroxylation is 1. The van der Waals surface area contributed by atoms with E-state index in [0.29, 0.717) is 6.54 Å². The summed E-state index contributed by atoms with van der Waals surface area (Å²) in [6.45, 7) is 3.49. The van der Waals surface area contributed by atoms with E-state index in [-0.39, 0.29) is 18.2 Å². The van der Waals surface area contributed by atoms with Crippen molar-refractivity contribution in [1.29, 1.82) is 0 Å². The molecule has 2 heterocycles. The first kappa shape index (κ1) is 15.2. The van der Waals surface area contributed by atoms with Crippen LogP contribution in [0.5, 0.6) is 0 Å². The Morgan fingerprint density at radius 3 is 2.71 bits per heavy atom. The molecule has 4 heteroatoms. The van der Waals surface area contributed by atoms with E-state index in [1.54, 1.807) is 0 Å². The van der Waals surface area contributed by atoms with Gasteiger partial charge in [-0.05, 0) is 37.5 Å². The molecule has 0 saturated carbocycles. The standard InChI is InChI=1S/C20H22N2O2/c1-14-8-10-15(11-9-14)19-21-18-7-3-2-6-17(18)20(23)22(19)13-16-5-4-12-24-16/h2-3,6-11,16,19,21H,4-5,12-13H2,1H3/t16-,19-/m0/s1. The molecule has 2 atom stereocenters. The first-order chi connectivity index (χ1) is 11.7. The van der Waals surface area contributed by atoms with Gasteiger partial charge in [-0.3, -0.25) is 4.79 Å². The molecule has 0 spiro atoms. The minimum atomic E-state index is -0.155. The molecule has 0 aliphatic carbocycles. The third kappa shape index (κ3) is 2.78. The highest BCUT2D eigenvalue weighted by Gasteiger charge is 2.35. The molecule has 124 valence electrons. The van der Waals surface area contributed by atoms with Gasteiger partial charge in [-0.25, -0.2) is 0 Å². The number of amides is 1. The number of hydrogen-bond acceptors (Lipinski definition) is 3. The summed E-state index contributed by atoms with van der Waals surface area (Å²) in [4.78, 5) is 15.0. The lowest BCUT2D eigenvalue weighted by Crippen LogP contribution is -2.46. The summed E-state index contributed by atoms with van der Waals surface area (Å²) < 4.78 is 5.77. The summed E-state index contributed by atoms with van der Waals surface area (Å²) in [5, 5.41) is 3.54. The number of para-hydroxylation sites is 1. The highest BCUT2D eigenvalue weighted by molar-refractivity contribution is 6.01. The van der Waals surface area contributed by atoms with E-state index in [4.69, 9.17) is 4.74 Å². The van der Waals surface area contributed by atoms with Crippen LogP contribution in [0.15, 0.2) is 48.5 Å². The van der Waals surface area contributed by atoms with Crippen molar-refractivity contribution in [3.8, 4) is 0 Å².